The molecule has 0 aliphatic heterocycles. The van der Waals surface area contributed by atoms with Gasteiger partial charge in [-0.05, 0) is 40.5 Å². The molecule has 0 heterocycles. The van der Waals surface area contributed by atoms with Crippen LogP contribution >= 0.6 is 15.9 Å². The largest absolute Gasteiger partial charge is 0.394 e. The van der Waals surface area contributed by atoms with E-state index in [2.05, 4.69) is 21.2 Å². The Kier molecular flexibility index (Phi) is 4.92. The standard InChI is InChI=1S/C11H14BrNO3/c1-7-2-3-9(10(12)4-7)11(16)13-5-8(15)6-14/h2-4,8,14-15H,5-6H2,1H3,(H,13,16). The minimum Gasteiger partial charge on any atom is -0.394 e. The summed E-state index contributed by atoms with van der Waals surface area (Å²) in [6, 6.07) is 5.39. The number of carbonyl (C=O) groups is 1. The zero-order valence-electron chi connectivity index (χ0n) is 8.90. The van der Waals surface area contributed by atoms with E-state index in [1.807, 2.05) is 19.1 Å². The summed E-state index contributed by atoms with van der Waals surface area (Å²) in [6.45, 7) is 1.60. The molecule has 1 rings (SSSR count). The van der Waals surface area contributed by atoms with Crippen LogP contribution in [0.15, 0.2) is 22.7 Å². The third-order valence-corrected chi connectivity index (χ3v) is 2.73. The van der Waals surface area contributed by atoms with Gasteiger partial charge in [-0.15, -0.1) is 0 Å². The van der Waals surface area contributed by atoms with Crippen LogP contribution in [0, 0.1) is 6.92 Å². The van der Waals surface area contributed by atoms with Crippen molar-refractivity contribution in [2.24, 2.45) is 0 Å². The maximum Gasteiger partial charge on any atom is 0.252 e. The summed E-state index contributed by atoms with van der Waals surface area (Å²) in [7, 11) is 0. The predicted molar refractivity (Wildman–Crippen MR) is 64.3 cm³/mol. The second-order valence-corrected chi connectivity index (χ2v) is 4.38. The second kappa shape index (κ2) is 5.98. The highest BCUT2D eigenvalue weighted by atomic mass is 79.9. The van der Waals surface area contributed by atoms with Gasteiger partial charge in [-0.2, -0.15) is 0 Å². The van der Waals surface area contributed by atoms with Crippen molar-refractivity contribution in [1.82, 2.24) is 5.32 Å². The Hall–Kier alpha value is -0.910. The smallest absolute Gasteiger partial charge is 0.252 e. The van der Waals surface area contributed by atoms with Crippen LogP contribution in [-0.4, -0.2) is 35.4 Å². The molecule has 3 N–H and O–H groups in total. The van der Waals surface area contributed by atoms with Crippen LogP contribution in [0.4, 0.5) is 0 Å². The molecular formula is C11H14BrNO3. The van der Waals surface area contributed by atoms with Crippen LogP contribution in [0.1, 0.15) is 15.9 Å². The van der Waals surface area contributed by atoms with Crippen molar-refractivity contribution in [3.05, 3.63) is 33.8 Å². The predicted octanol–water partition coefficient (Wildman–Crippen LogP) is 0.841. The number of carbonyl (C=O) groups excluding carboxylic acids is 1. The maximum atomic E-state index is 11.7. The van der Waals surface area contributed by atoms with E-state index in [4.69, 9.17) is 10.2 Å². The summed E-state index contributed by atoms with van der Waals surface area (Å²) >= 11 is 3.30. The summed E-state index contributed by atoms with van der Waals surface area (Å²) in [5.74, 6) is -0.278. The molecule has 1 aromatic carbocycles. The Labute approximate surface area is 102 Å². The minimum atomic E-state index is -0.923. The van der Waals surface area contributed by atoms with Gasteiger partial charge in [0.1, 0.15) is 0 Å². The van der Waals surface area contributed by atoms with Gasteiger partial charge in [0.05, 0.1) is 18.3 Å². The maximum absolute atomic E-state index is 11.7. The van der Waals surface area contributed by atoms with Gasteiger partial charge >= 0.3 is 0 Å². The van der Waals surface area contributed by atoms with Crippen molar-refractivity contribution < 1.29 is 15.0 Å². The van der Waals surface area contributed by atoms with Crippen LogP contribution in [0.5, 0.6) is 0 Å². The molecule has 0 aliphatic rings. The van der Waals surface area contributed by atoms with Gasteiger partial charge in [-0.25, -0.2) is 0 Å². The number of hydrogen-bond acceptors (Lipinski definition) is 3. The third kappa shape index (κ3) is 3.59. The lowest BCUT2D eigenvalue weighted by Gasteiger charge is -2.10. The van der Waals surface area contributed by atoms with Gasteiger partial charge in [0.15, 0.2) is 0 Å². The number of aryl methyl sites for hydroxylation is 1. The molecule has 0 spiro atoms. The highest BCUT2D eigenvalue weighted by Crippen LogP contribution is 2.18. The Morgan fingerprint density at radius 3 is 2.81 bits per heavy atom. The van der Waals surface area contributed by atoms with Crippen LogP contribution in [0.2, 0.25) is 0 Å². The normalized spacial score (nSPS) is 12.2. The van der Waals surface area contributed by atoms with Crippen LogP contribution in [0.25, 0.3) is 0 Å². The summed E-state index contributed by atoms with van der Waals surface area (Å²) in [5, 5.41) is 20.2. The van der Waals surface area contributed by atoms with Crippen LogP contribution in [0.3, 0.4) is 0 Å². The molecular weight excluding hydrogens is 274 g/mol. The molecule has 1 unspecified atom stereocenters. The highest BCUT2D eigenvalue weighted by molar-refractivity contribution is 9.10. The van der Waals surface area contributed by atoms with Crippen molar-refractivity contribution in [1.29, 1.82) is 0 Å². The zero-order valence-corrected chi connectivity index (χ0v) is 10.5. The van der Waals surface area contributed by atoms with E-state index >= 15 is 0 Å². The molecule has 0 aliphatic carbocycles. The summed E-state index contributed by atoms with van der Waals surface area (Å²) in [5.41, 5.74) is 1.56. The molecule has 0 saturated carbocycles. The van der Waals surface area contributed by atoms with E-state index < -0.39 is 6.10 Å². The first-order chi connectivity index (χ1) is 7.54. The fraction of sp³-hybridized carbons (Fsp3) is 0.364. The summed E-state index contributed by atoms with van der Waals surface area (Å²) in [6.07, 6.45) is -0.923. The van der Waals surface area contributed by atoms with E-state index in [9.17, 15) is 4.79 Å². The van der Waals surface area contributed by atoms with Crippen molar-refractivity contribution >= 4 is 21.8 Å². The first-order valence-corrected chi connectivity index (χ1v) is 5.67. The lowest BCUT2D eigenvalue weighted by molar-refractivity contribution is 0.0801. The Balaban J connectivity index is 2.66. The number of hydrogen-bond donors (Lipinski definition) is 3. The fourth-order valence-electron chi connectivity index (χ4n) is 1.17. The van der Waals surface area contributed by atoms with Crippen molar-refractivity contribution in [3.63, 3.8) is 0 Å². The fourth-order valence-corrected chi connectivity index (χ4v) is 1.85. The lowest BCUT2D eigenvalue weighted by Crippen LogP contribution is -2.34. The second-order valence-electron chi connectivity index (χ2n) is 3.53. The first kappa shape index (κ1) is 13.2. The molecule has 1 amide bonds. The third-order valence-electron chi connectivity index (χ3n) is 2.08. The number of nitrogens with one attached hydrogen (secondary N) is 1. The Bertz CT molecular complexity index is 381. The van der Waals surface area contributed by atoms with E-state index in [0.29, 0.717) is 10.0 Å². The molecule has 16 heavy (non-hydrogen) atoms. The molecule has 4 nitrogen and oxygen atoms in total. The molecule has 1 atom stereocenters. The molecule has 0 fully saturated rings. The summed E-state index contributed by atoms with van der Waals surface area (Å²) in [4.78, 5) is 11.7. The number of aliphatic hydroxyl groups excluding tert-OH is 2. The summed E-state index contributed by atoms with van der Waals surface area (Å²) < 4.78 is 0.712. The first-order valence-electron chi connectivity index (χ1n) is 4.88. The average molecular weight is 288 g/mol. The lowest BCUT2D eigenvalue weighted by atomic mass is 10.1. The molecule has 5 heteroatoms. The molecule has 0 radical (unpaired) electrons. The Morgan fingerprint density at radius 1 is 1.56 bits per heavy atom. The number of benzene rings is 1. The van der Waals surface area contributed by atoms with E-state index in [0.717, 1.165) is 5.56 Å². The van der Waals surface area contributed by atoms with Gasteiger partial charge in [0.25, 0.3) is 5.91 Å². The van der Waals surface area contributed by atoms with E-state index in [1.165, 1.54) is 0 Å². The van der Waals surface area contributed by atoms with Gasteiger partial charge in [0.2, 0.25) is 0 Å². The van der Waals surface area contributed by atoms with Crippen molar-refractivity contribution in [2.75, 3.05) is 13.2 Å². The molecule has 0 bridgehead atoms. The zero-order chi connectivity index (χ0) is 12.1. The van der Waals surface area contributed by atoms with Gasteiger partial charge in [-0.1, -0.05) is 6.07 Å². The molecule has 0 aromatic heterocycles. The quantitative estimate of drug-likeness (QED) is 0.769. The van der Waals surface area contributed by atoms with Gasteiger partial charge in [-0.3, -0.25) is 4.79 Å². The van der Waals surface area contributed by atoms with Crippen molar-refractivity contribution in [2.45, 2.75) is 13.0 Å². The van der Waals surface area contributed by atoms with Crippen LogP contribution in [-0.2, 0) is 0 Å². The molecule has 0 saturated heterocycles. The minimum absolute atomic E-state index is 0.0374. The molecule has 88 valence electrons. The van der Waals surface area contributed by atoms with E-state index in [-0.39, 0.29) is 19.1 Å². The van der Waals surface area contributed by atoms with Gasteiger partial charge < -0.3 is 15.5 Å². The molecule has 1 aromatic rings. The van der Waals surface area contributed by atoms with Gasteiger partial charge in [0, 0.05) is 11.0 Å². The van der Waals surface area contributed by atoms with Crippen LogP contribution < -0.4 is 5.32 Å². The average Bonchev–Trinajstić information content (AvgIpc) is 2.25. The number of aliphatic hydroxyl groups is 2. The Morgan fingerprint density at radius 2 is 2.25 bits per heavy atom. The number of halogens is 1. The SMILES string of the molecule is Cc1ccc(C(=O)NCC(O)CO)c(Br)c1. The monoisotopic (exact) mass is 287 g/mol. The highest BCUT2D eigenvalue weighted by Gasteiger charge is 2.11. The number of rotatable bonds is 4. The van der Waals surface area contributed by atoms with Crippen molar-refractivity contribution in [3.8, 4) is 0 Å². The van der Waals surface area contributed by atoms with E-state index in [1.54, 1.807) is 6.07 Å². The number of amides is 1. The topological polar surface area (TPSA) is 69.6 Å².